The number of piperidine rings is 1. The average molecular weight is 413 g/mol. The molecule has 4 unspecified atom stereocenters. The molecule has 6 heteroatoms. The summed E-state index contributed by atoms with van der Waals surface area (Å²) in [6, 6.07) is 13.6. The second kappa shape index (κ2) is 5.64. The Morgan fingerprint density at radius 1 is 1.13 bits per heavy atom. The molecule has 2 aliphatic heterocycles. The topological polar surface area (TPSA) is 78.7 Å². The Bertz CT molecular complexity index is 1250. The largest absolute Gasteiger partial charge is 0.504 e. The van der Waals surface area contributed by atoms with E-state index < -0.39 is 17.1 Å². The SMILES string of the molecule is CN1CCC23c4c5ccc(O)c4OC2c2nc(-c4ccccc4)ncc2CC3(O)C1C5. The number of aromatic hydroxyl groups is 1. The molecule has 1 fully saturated rings. The van der Waals surface area contributed by atoms with Crippen LogP contribution in [-0.2, 0) is 18.3 Å². The molecule has 0 amide bonds. The summed E-state index contributed by atoms with van der Waals surface area (Å²) in [4.78, 5) is 11.9. The van der Waals surface area contributed by atoms with Gasteiger partial charge >= 0.3 is 0 Å². The normalized spacial score (nSPS) is 32.2. The summed E-state index contributed by atoms with van der Waals surface area (Å²) in [6.07, 6.45) is 3.40. The minimum absolute atomic E-state index is 0.0164. The van der Waals surface area contributed by atoms with Crippen LogP contribution in [0.5, 0.6) is 11.5 Å². The van der Waals surface area contributed by atoms with E-state index in [1.54, 1.807) is 6.07 Å². The predicted molar refractivity (Wildman–Crippen MR) is 114 cm³/mol. The molecule has 2 aromatic carbocycles. The van der Waals surface area contributed by atoms with Crippen molar-refractivity contribution in [2.45, 2.75) is 42.4 Å². The van der Waals surface area contributed by atoms with E-state index in [-0.39, 0.29) is 11.8 Å². The predicted octanol–water partition coefficient (Wildman–Crippen LogP) is 2.77. The van der Waals surface area contributed by atoms with Gasteiger partial charge in [-0.25, -0.2) is 9.97 Å². The number of aliphatic hydroxyl groups is 1. The lowest BCUT2D eigenvalue weighted by Gasteiger charge is -2.62. The minimum Gasteiger partial charge on any atom is -0.504 e. The Kier molecular flexibility index (Phi) is 3.22. The van der Waals surface area contributed by atoms with Gasteiger partial charge in [-0.2, -0.15) is 0 Å². The highest BCUT2D eigenvalue weighted by molar-refractivity contribution is 5.65. The highest BCUT2D eigenvalue weighted by Gasteiger charge is 2.72. The maximum absolute atomic E-state index is 12.3. The van der Waals surface area contributed by atoms with Gasteiger partial charge in [0, 0.05) is 29.8 Å². The van der Waals surface area contributed by atoms with Gasteiger partial charge in [-0.1, -0.05) is 36.4 Å². The summed E-state index contributed by atoms with van der Waals surface area (Å²) in [5.41, 5.74) is 3.27. The van der Waals surface area contributed by atoms with Gasteiger partial charge in [0.2, 0.25) is 0 Å². The van der Waals surface area contributed by atoms with Crippen molar-refractivity contribution >= 4 is 0 Å². The first-order valence-corrected chi connectivity index (χ1v) is 10.9. The summed E-state index contributed by atoms with van der Waals surface area (Å²) >= 11 is 0. The molecule has 156 valence electrons. The third-order valence-corrected chi connectivity index (χ3v) is 8.12. The van der Waals surface area contributed by atoms with Crippen LogP contribution in [0.3, 0.4) is 0 Å². The van der Waals surface area contributed by atoms with Gasteiger partial charge in [0.05, 0.1) is 16.7 Å². The number of hydrogen-bond donors (Lipinski definition) is 2. The number of phenols is 1. The van der Waals surface area contributed by atoms with Gasteiger partial charge < -0.3 is 19.8 Å². The van der Waals surface area contributed by atoms with E-state index in [1.165, 1.54) is 0 Å². The van der Waals surface area contributed by atoms with E-state index in [9.17, 15) is 10.2 Å². The smallest absolute Gasteiger partial charge is 0.166 e. The lowest BCUT2D eigenvalue weighted by Crippen LogP contribution is -2.74. The van der Waals surface area contributed by atoms with Crippen molar-refractivity contribution in [3.63, 3.8) is 0 Å². The summed E-state index contributed by atoms with van der Waals surface area (Å²) < 4.78 is 6.51. The number of likely N-dealkylation sites (N-methyl/N-ethyl adjacent to an activating group) is 1. The minimum atomic E-state index is -0.999. The van der Waals surface area contributed by atoms with Gasteiger partial charge in [0.1, 0.15) is 0 Å². The van der Waals surface area contributed by atoms with Crippen LogP contribution in [-0.4, -0.2) is 50.3 Å². The fourth-order valence-electron chi connectivity index (χ4n) is 6.72. The van der Waals surface area contributed by atoms with Crippen molar-refractivity contribution in [1.29, 1.82) is 0 Å². The Morgan fingerprint density at radius 2 is 1.97 bits per heavy atom. The number of benzene rings is 2. The van der Waals surface area contributed by atoms with Gasteiger partial charge in [0.25, 0.3) is 0 Å². The zero-order valence-electron chi connectivity index (χ0n) is 17.2. The van der Waals surface area contributed by atoms with E-state index in [0.29, 0.717) is 18.0 Å². The van der Waals surface area contributed by atoms with E-state index in [1.807, 2.05) is 42.6 Å². The molecule has 2 bridgehead atoms. The van der Waals surface area contributed by atoms with Crippen LogP contribution in [0.4, 0.5) is 0 Å². The van der Waals surface area contributed by atoms with Gasteiger partial charge in [-0.15, -0.1) is 0 Å². The molecule has 1 aromatic heterocycles. The molecule has 3 heterocycles. The first-order valence-electron chi connectivity index (χ1n) is 10.9. The zero-order valence-corrected chi connectivity index (χ0v) is 17.2. The monoisotopic (exact) mass is 413 g/mol. The highest BCUT2D eigenvalue weighted by Crippen LogP contribution is 2.68. The van der Waals surface area contributed by atoms with Crippen molar-refractivity contribution in [3.05, 3.63) is 71.0 Å². The third-order valence-electron chi connectivity index (χ3n) is 8.12. The van der Waals surface area contributed by atoms with Crippen LogP contribution in [0.1, 0.15) is 34.9 Å². The van der Waals surface area contributed by atoms with Gasteiger partial charge in [-0.05, 0) is 43.6 Å². The number of aromatic nitrogens is 2. The molecule has 0 radical (unpaired) electrons. The van der Waals surface area contributed by atoms with Gasteiger partial charge in [-0.3, -0.25) is 0 Å². The molecule has 2 aliphatic carbocycles. The number of phenolic OH excluding ortho intramolecular Hbond substituents is 1. The Balaban J connectivity index is 1.51. The molecular formula is C25H23N3O3. The summed E-state index contributed by atoms with van der Waals surface area (Å²) in [5, 5.41) is 23.0. The molecule has 6 nitrogen and oxygen atoms in total. The fraction of sp³-hybridized carbons (Fsp3) is 0.360. The Morgan fingerprint density at radius 3 is 2.81 bits per heavy atom. The quantitative estimate of drug-likeness (QED) is 0.639. The van der Waals surface area contributed by atoms with Crippen molar-refractivity contribution in [3.8, 4) is 22.9 Å². The van der Waals surface area contributed by atoms with Crippen LogP contribution in [0, 0.1) is 0 Å². The second-order valence-corrected chi connectivity index (χ2v) is 9.44. The van der Waals surface area contributed by atoms with Crippen molar-refractivity contribution < 1.29 is 14.9 Å². The van der Waals surface area contributed by atoms with Crippen molar-refractivity contribution in [2.75, 3.05) is 13.6 Å². The van der Waals surface area contributed by atoms with Crippen molar-refractivity contribution in [1.82, 2.24) is 14.9 Å². The molecular weight excluding hydrogens is 390 g/mol. The molecule has 1 saturated heterocycles. The number of rotatable bonds is 1. The summed E-state index contributed by atoms with van der Waals surface area (Å²) in [5.74, 6) is 1.32. The Hall–Kier alpha value is -2.96. The lowest BCUT2D eigenvalue weighted by molar-refractivity contribution is -0.168. The van der Waals surface area contributed by atoms with Crippen LogP contribution >= 0.6 is 0 Å². The number of likely N-dealkylation sites (tertiary alicyclic amines) is 1. The molecule has 3 aromatic rings. The summed E-state index contributed by atoms with van der Waals surface area (Å²) in [7, 11) is 2.09. The number of ether oxygens (including phenoxy) is 1. The maximum Gasteiger partial charge on any atom is 0.166 e. The van der Waals surface area contributed by atoms with Crippen LogP contribution in [0.25, 0.3) is 11.4 Å². The zero-order chi connectivity index (χ0) is 21.0. The third kappa shape index (κ3) is 1.96. The van der Waals surface area contributed by atoms with E-state index in [4.69, 9.17) is 9.72 Å². The highest BCUT2D eigenvalue weighted by atomic mass is 16.5. The molecule has 7 rings (SSSR count). The molecule has 1 spiro atoms. The van der Waals surface area contributed by atoms with Gasteiger partial charge in [0.15, 0.2) is 23.4 Å². The van der Waals surface area contributed by atoms with Crippen molar-refractivity contribution in [2.24, 2.45) is 0 Å². The van der Waals surface area contributed by atoms with Crippen LogP contribution < -0.4 is 4.74 Å². The Labute approximate surface area is 180 Å². The molecule has 2 N–H and O–H groups in total. The maximum atomic E-state index is 12.3. The first-order chi connectivity index (χ1) is 15.0. The first kappa shape index (κ1) is 17.7. The molecule has 31 heavy (non-hydrogen) atoms. The number of nitrogens with zero attached hydrogens (tertiary/aromatic N) is 3. The lowest BCUT2D eigenvalue weighted by atomic mass is 9.49. The van der Waals surface area contributed by atoms with Crippen LogP contribution in [0.2, 0.25) is 0 Å². The second-order valence-electron chi connectivity index (χ2n) is 9.44. The van der Waals surface area contributed by atoms with E-state index in [2.05, 4.69) is 16.9 Å². The standard InChI is InChI=1S/C25H23N3O3/c1-28-10-9-24-19-15-7-8-17(29)21(19)31-22(24)20-16(12-25(24,30)18(28)11-15)13-26-23(27-20)14-5-3-2-4-6-14/h2-8,13,18,22,29-30H,9-12H2,1H3. The fourth-order valence-corrected chi connectivity index (χ4v) is 6.72. The van der Waals surface area contributed by atoms with E-state index >= 15 is 0 Å². The number of fused-ring (bicyclic) bond motifs is 2. The average Bonchev–Trinajstić information content (AvgIpc) is 3.14. The summed E-state index contributed by atoms with van der Waals surface area (Å²) in [6.45, 7) is 0.868. The van der Waals surface area contributed by atoms with Crippen LogP contribution in [0.15, 0.2) is 48.7 Å². The number of hydrogen-bond acceptors (Lipinski definition) is 6. The molecule has 4 atom stereocenters. The van der Waals surface area contributed by atoms with E-state index in [0.717, 1.165) is 47.3 Å². The molecule has 4 aliphatic rings. The molecule has 0 saturated carbocycles.